The SMILES string of the molecule is O=C=NC1COCCN1S(=O)(=O)C1CCCC1. The van der Waals surface area contributed by atoms with Crippen LogP contribution in [0.1, 0.15) is 25.7 Å². The number of morpholine rings is 1. The molecule has 96 valence electrons. The van der Waals surface area contributed by atoms with E-state index in [9.17, 15) is 13.2 Å². The number of hydrogen-bond acceptors (Lipinski definition) is 5. The van der Waals surface area contributed by atoms with Gasteiger partial charge in [0, 0.05) is 6.54 Å². The summed E-state index contributed by atoms with van der Waals surface area (Å²) in [5, 5.41) is -0.315. The minimum Gasteiger partial charge on any atom is -0.376 e. The monoisotopic (exact) mass is 260 g/mol. The Balaban J connectivity index is 2.20. The largest absolute Gasteiger partial charge is 0.376 e. The zero-order valence-corrected chi connectivity index (χ0v) is 10.4. The molecule has 0 spiro atoms. The number of ether oxygens (including phenoxy) is 1. The van der Waals surface area contributed by atoms with Crippen molar-refractivity contribution in [3.8, 4) is 0 Å². The van der Waals surface area contributed by atoms with Gasteiger partial charge >= 0.3 is 0 Å². The Morgan fingerprint density at radius 3 is 2.65 bits per heavy atom. The molecule has 7 heteroatoms. The van der Waals surface area contributed by atoms with Crippen molar-refractivity contribution < 1.29 is 17.9 Å². The van der Waals surface area contributed by atoms with Gasteiger partial charge in [-0.05, 0) is 12.8 Å². The van der Waals surface area contributed by atoms with Crippen molar-refractivity contribution in [3.05, 3.63) is 0 Å². The second-order valence-corrected chi connectivity index (χ2v) is 6.50. The van der Waals surface area contributed by atoms with Crippen molar-refractivity contribution in [2.24, 2.45) is 4.99 Å². The number of rotatable bonds is 3. The first-order chi connectivity index (χ1) is 8.16. The van der Waals surface area contributed by atoms with Gasteiger partial charge in [-0.2, -0.15) is 9.30 Å². The summed E-state index contributed by atoms with van der Waals surface area (Å²) in [4.78, 5) is 13.8. The zero-order valence-electron chi connectivity index (χ0n) is 9.54. The molecule has 0 aromatic carbocycles. The van der Waals surface area contributed by atoms with E-state index in [1.165, 1.54) is 10.4 Å². The molecule has 0 aromatic rings. The summed E-state index contributed by atoms with van der Waals surface area (Å²) in [7, 11) is -3.35. The summed E-state index contributed by atoms with van der Waals surface area (Å²) in [6, 6.07) is 0. The number of nitrogens with zero attached hydrogens (tertiary/aromatic N) is 2. The van der Waals surface area contributed by atoms with Crippen LogP contribution in [0, 0.1) is 0 Å². The third-order valence-electron chi connectivity index (χ3n) is 3.31. The van der Waals surface area contributed by atoms with Gasteiger partial charge in [-0.1, -0.05) is 12.8 Å². The Kier molecular flexibility index (Phi) is 3.93. The number of hydrogen-bond donors (Lipinski definition) is 0. The van der Waals surface area contributed by atoms with Crippen LogP contribution in [-0.2, 0) is 19.6 Å². The van der Waals surface area contributed by atoms with Gasteiger partial charge in [-0.15, -0.1) is 0 Å². The van der Waals surface area contributed by atoms with Gasteiger partial charge < -0.3 is 4.74 Å². The molecule has 0 aromatic heterocycles. The molecule has 2 fully saturated rings. The normalized spacial score (nSPS) is 27.9. The maximum atomic E-state index is 12.4. The maximum Gasteiger partial charge on any atom is 0.236 e. The lowest BCUT2D eigenvalue weighted by Crippen LogP contribution is -2.50. The van der Waals surface area contributed by atoms with Crippen LogP contribution in [0.25, 0.3) is 0 Å². The highest BCUT2D eigenvalue weighted by Crippen LogP contribution is 2.29. The van der Waals surface area contributed by atoms with Crippen molar-refractivity contribution in [2.45, 2.75) is 37.1 Å². The molecule has 17 heavy (non-hydrogen) atoms. The molecule has 2 aliphatic rings. The Bertz CT molecular complexity index is 410. The summed E-state index contributed by atoms with van der Waals surface area (Å²) in [6.45, 7) is 0.771. The third-order valence-corrected chi connectivity index (χ3v) is 5.70. The average Bonchev–Trinajstić information content (AvgIpc) is 2.84. The predicted octanol–water partition coefficient (Wildman–Crippen LogP) is 0.253. The average molecular weight is 260 g/mol. The molecule has 0 radical (unpaired) electrons. The van der Waals surface area contributed by atoms with E-state index in [1.54, 1.807) is 0 Å². The van der Waals surface area contributed by atoms with Crippen molar-refractivity contribution in [3.63, 3.8) is 0 Å². The minimum absolute atomic E-state index is 0.140. The summed E-state index contributed by atoms with van der Waals surface area (Å²) in [5.41, 5.74) is 0. The van der Waals surface area contributed by atoms with E-state index in [0.29, 0.717) is 19.4 Å². The number of isocyanates is 1. The van der Waals surface area contributed by atoms with Crippen LogP contribution in [0.15, 0.2) is 4.99 Å². The van der Waals surface area contributed by atoms with Gasteiger partial charge in [0.25, 0.3) is 0 Å². The van der Waals surface area contributed by atoms with E-state index in [0.717, 1.165) is 12.8 Å². The molecule has 2 rings (SSSR count). The van der Waals surface area contributed by atoms with Crippen LogP contribution in [-0.4, -0.2) is 50.0 Å². The van der Waals surface area contributed by atoms with E-state index < -0.39 is 16.2 Å². The Morgan fingerprint density at radius 2 is 2.00 bits per heavy atom. The van der Waals surface area contributed by atoms with Crippen LogP contribution in [0.2, 0.25) is 0 Å². The first kappa shape index (κ1) is 12.7. The van der Waals surface area contributed by atoms with Crippen molar-refractivity contribution in [2.75, 3.05) is 19.8 Å². The third kappa shape index (κ3) is 2.57. The standard InChI is InChI=1S/C10H16N2O4S/c13-8-11-10-7-16-6-5-12(10)17(14,15)9-3-1-2-4-9/h9-10H,1-7H2. The molecule has 1 heterocycles. The molecular formula is C10H16N2O4S. The summed E-state index contributed by atoms with van der Waals surface area (Å²) in [6.07, 6.45) is 4.01. The Morgan fingerprint density at radius 1 is 1.29 bits per heavy atom. The van der Waals surface area contributed by atoms with Gasteiger partial charge in [0.1, 0.15) is 0 Å². The smallest absolute Gasteiger partial charge is 0.236 e. The maximum absolute atomic E-state index is 12.4. The highest BCUT2D eigenvalue weighted by molar-refractivity contribution is 7.89. The lowest BCUT2D eigenvalue weighted by Gasteiger charge is -2.33. The van der Waals surface area contributed by atoms with Crippen molar-refractivity contribution in [1.29, 1.82) is 0 Å². The molecule has 1 aliphatic carbocycles. The number of aliphatic imine (C=N–C) groups is 1. The minimum atomic E-state index is -3.35. The molecule has 1 saturated heterocycles. The number of carbonyl (C=O) groups excluding carboxylic acids is 1. The molecule has 1 aliphatic heterocycles. The molecule has 0 N–H and O–H groups in total. The predicted molar refractivity (Wildman–Crippen MR) is 60.6 cm³/mol. The van der Waals surface area contributed by atoms with Gasteiger partial charge in [-0.3, -0.25) is 0 Å². The molecular weight excluding hydrogens is 244 g/mol. The van der Waals surface area contributed by atoms with Gasteiger partial charge in [0.15, 0.2) is 6.17 Å². The first-order valence-electron chi connectivity index (χ1n) is 5.81. The van der Waals surface area contributed by atoms with E-state index in [4.69, 9.17) is 4.74 Å². The molecule has 0 bridgehead atoms. The quantitative estimate of drug-likeness (QED) is 0.538. The summed E-state index contributed by atoms with van der Waals surface area (Å²) >= 11 is 0. The van der Waals surface area contributed by atoms with E-state index in [2.05, 4.69) is 4.99 Å². The lowest BCUT2D eigenvalue weighted by atomic mass is 10.4. The highest BCUT2D eigenvalue weighted by atomic mass is 32.2. The second kappa shape index (κ2) is 5.27. The first-order valence-corrected chi connectivity index (χ1v) is 7.32. The van der Waals surface area contributed by atoms with Crippen LogP contribution >= 0.6 is 0 Å². The summed E-state index contributed by atoms with van der Waals surface area (Å²) < 4.78 is 31.2. The highest BCUT2D eigenvalue weighted by Gasteiger charge is 2.39. The lowest BCUT2D eigenvalue weighted by molar-refractivity contribution is 0.0355. The second-order valence-electron chi connectivity index (χ2n) is 4.34. The fourth-order valence-corrected chi connectivity index (χ4v) is 4.50. The molecule has 1 unspecified atom stereocenters. The van der Waals surface area contributed by atoms with Crippen LogP contribution in [0.5, 0.6) is 0 Å². The Hall–Kier alpha value is -0.750. The molecule has 1 saturated carbocycles. The van der Waals surface area contributed by atoms with Crippen molar-refractivity contribution >= 4 is 16.1 Å². The zero-order chi connectivity index (χ0) is 12.3. The molecule has 6 nitrogen and oxygen atoms in total. The van der Waals surface area contributed by atoms with Crippen LogP contribution in [0.4, 0.5) is 0 Å². The fraction of sp³-hybridized carbons (Fsp3) is 0.900. The Labute approximate surface area is 101 Å². The van der Waals surface area contributed by atoms with Crippen LogP contribution < -0.4 is 0 Å². The van der Waals surface area contributed by atoms with Gasteiger partial charge in [0.2, 0.25) is 16.1 Å². The summed E-state index contributed by atoms with van der Waals surface area (Å²) in [5.74, 6) is 0. The topological polar surface area (TPSA) is 76.0 Å². The van der Waals surface area contributed by atoms with Gasteiger partial charge in [-0.25, -0.2) is 13.2 Å². The van der Waals surface area contributed by atoms with Crippen molar-refractivity contribution in [1.82, 2.24) is 4.31 Å². The van der Waals surface area contributed by atoms with Crippen LogP contribution in [0.3, 0.4) is 0 Å². The van der Waals surface area contributed by atoms with E-state index >= 15 is 0 Å². The number of sulfonamides is 1. The molecule has 1 atom stereocenters. The molecule has 0 amide bonds. The fourth-order valence-electron chi connectivity index (χ4n) is 2.41. The van der Waals surface area contributed by atoms with Gasteiger partial charge in [0.05, 0.1) is 18.5 Å². The van der Waals surface area contributed by atoms with E-state index in [1.807, 2.05) is 0 Å². The van der Waals surface area contributed by atoms with E-state index in [-0.39, 0.29) is 18.4 Å².